The van der Waals surface area contributed by atoms with E-state index in [1.54, 1.807) is 6.07 Å². The van der Waals surface area contributed by atoms with Crippen LogP contribution in [0.4, 0.5) is 5.69 Å². The summed E-state index contributed by atoms with van der Waals surface area (Å²) >= 11 is 3.43. The van der Waals surface area contributed by atoms with Crippen molar-refractivity contribution >= 4 is 32.5 Å². The third-order valence-electron chi connectivity index (χ3n) is 2.63. The Balaban J connectivity index is 2.07. The number of hydrogen-bond donors (Lipinski definition) is 1. The van der Waals surface area contributed by atoms with Crippen LogP contribution in [0.25, 0.3) is 10.9 Å². The normalized spacial score (nSPS) is 10.6. The van der Waals surface area contributed by atoms with Crippen molar-refractivity contribution < 1.29 is 4.74 Å². The number of anilines is 1. The maximum atomic E-state index is 5.78. The lowest BCUT2D eigenvalue weighted by atomic mass is 10.2. The number of halogens is 1. The van der Waals surface area contributed by atoms with Crippen LogP contribution in [0.5, 0.6) is 11.6 Å². The van der Waals surface area contributed by atoms with E-state index in [1.807, 2.05) is 36.4 Å². The van der Waals surface area contributed by atoms with E-state index in [1.165, 1.54) is 6.33 Å². The first-order chi connectivity index (χ1) is 9.22. The summed E-state index contributed by atoms with van der Waals surface area (Å²) in [5.41, 5.74) is 7.21. The Morgan fingerprint density at radius 2 is 1.95 bits per heavy atom. The van der Waals surface area contributed by atoms with E-state index >= 15 is 0 Å². The number of nitrogens with zero attached hydrogens (tertiary/aromatic N) is 2. The molecule has 5 heteroatoms. The number of ether oxygens (including phenoxy) is 1. The number of benzene rings is 2. The molecule has 2 N–H and O–H groups in total. The summed E-state index contributed by atoms with van der Waals surface area (Å²) in [7, 11) is 0. The molecule has 0 aliphatic rings. The van der Waals surface area contributed by atoms with Gasteiger partial charge in [-0.2, -0.15) is 0 Å². The van der Waals surface area contributed by atoms with Gasteiger partial charge in [0.2, 0.25) is 5.88 Å². The monoisotopic (exact) mass is 315 g/mol. The smallest absolute Gasteiger partial charge is 0.230 e. The molecule has 0 radical (unpaired) electrons. The molecule has 4 nitrogen and oxygen atoms in total. The Hall–Kier alpha value is -2.14. The first kappa shape index (κ1) is 11.9. The summed E-state index contributed by atoms with van der Waals surface area (Å²) in [6, 6.07) is 13.0. The second-order valence-electron chi connectivity index (χ2n) is 4.01. The Bertz CT molecular complexity index is 746. The van der Waals surface area contributed by atoms with E-state index in [2.05, 4.69) is 25.9 Å². The minimum absolute atomic E-state index is 0.511. The van der Waals surface area contributed by atoms with E-state index in [4.69, 9.17) is 10.5 Å². The fourth-order valence-corrected chi connectivity index (χ4v) is 2.14. The van der Waals surface area contributed by atoms with Crippen LogP contribution >= 0.6 is 15.9 Å². The number of fused-ring (bicyclic) bond motifs is 1. The maximum absolute atomic E-state index is 5.78. The lowest BCUT2D eigenvalue weighted by Crippen LogP contribution is -1.92. The summed E-state index contributed by atoms with van der Waals surface area (Å²) in [5.74, 6) is 1.16. The summed E-state index contributed by atoms with van der Waals surface area (Å²) in [6.45, 7) is 0. The molecule has 0 saturated carbocycles. The van der Waals surface area contributed by atoms with E-state index < -0.39 is 0 Å². The van der Waals surface area contributed by atoms with Crippen molar-refractivity contribution in [3.63, 3.8) is 0 Å². The van der Waals surface area contributed by atoms with Crippen molar-refractivity contribution in [1.82, 2.24) is 9.97 Å². The molecule has 0 aliphatic heterocycles. The predicted octanol–water partition coefficient (Wildman–Crippen LogP) is 3.77. The molecule has 3 aromatic rings. The average molecular weight is 316 g/mol. The van der Waals surface area contributed by atoms with Crippen molar-refractivity contribution in [3.05, 3.63) is 53.3 Å². The Morgan fingerprint density at radius 1 is 1.05 bits per heavy atom. The molecule has 1 aromatic heterocycles. The van der Waals surface area contributed by atoms with E-state index in [9.17, 15) is 0 Å². The standard InChI is InChI=1S/C14H10BrN3O/c15-9-4-5-13-12(6-9)14(18-8-17-13)19-11-3-1-2-10(16)7-11/h1-8H,16H2. The summed E-state index contributed by atoms with van der Waals surface area (Å²) in [5, 5.41) is 0.847. The lowest BCUT2D eigenvalue weighted by Gasteiger charge is -2.08. The van der Waals surface area contributed by atoms with Gasteiger partial charge in [0.25, 0.3) is 0 Å². The minimum Gasteiger partial charge on any atom is -0.438 e. The highest BCUT2D eigenvalue weighted by Gasteiger charge is 2.06. The Morgan fingerprint density at radius 3 is 2.79 bits per heavy atom. The van der Waals surface area contributed by atoms with Crippen LogP contribution in [-0.4, -0.2) is 9.97 Å². The second-order valence-corrected chi connectivity index (χ2v) is 4.93. The van der Waals surface area contributed by atoms with Gasteiger partial charge in [0, 0.05) is 16.2 Å². The molecule has 0 unspecified atom stereocenters. The van der Waals surface area contributed by atoms with Crippen molar-refractivity contribution in [1.29, 1.82) is 0 Å². The van der Waals surface area contributed by atoms with Gasteiger partial charge in [-0.15, -0.1) is 0 Å². The van der Waals surface area contributed by atoms with Gasteiger partial charge < -0.3 is 10.5 Å². The van der Waals surface area contributed by atoms with Crippen molar-refractivity contribution in [2.75, 3.05) is 5.73 Å². The van der Waals surface area contributed by atoms with Gasteiger partial charge in [-0.1, -0.05) is 22.0 Å². The first-order valence-electron chi connectivity index (χ1n) is 5.66. The molecule has 19 heavy (non-hydrogen) atoms. The van der Waals surface area contributed by atoms with E-state index in [0.29, 0.717) is 17.3 Å². The van der Waals surface area contributed by atoms with Gasteiger partial charge in [-0.3, -0.25) is 0 Å². The molecule has 1 heterocycles. The van der Waals surface area contributed by atoms with Crippen LogP contribution in [0.2, 0.25) is 0 Å². The zero-order chi connectivity index (χ0) is 13.2. The topological polar surface area (TPSA) is 61.0 Å². The number of aromatic nitrogens is 2. The molecular weight excluding hydrogens is 306 g/mol. The number of nitrogen functional groups attached to an aromatic ring is 1. The second kappa shape index (κ2) is 4.85. The number of rotatable bonds is 2. The van der Waals surface area contributed by atoms with Crippen molar-refractivity contribution in [2.45, 2.75) is 0 Å². The summed E-state index contributed by atoms with van der Waals surface area (Å²) < 4.78 is 6.73. The molecule has 2 aromatic carbocycles. The van der Waals surface area contributed by atoms with Crippen LogP contribution in [0, 0.1) is 0 Å². The first-order valence-corrected chi connectivity index (χ1v) is 6.45. The highest BCUT2D eigenvalue weighted by atomic mass is 79.9. The van der Waals surface area contributed by atoms with Crippen LogP contribution in [-0.2, 0) is 0 Å². The molecule has 3 rings (SSSR count). The molecule has 0 aliphatic carbocycles. The number of nitrogens with two attached hydrogens (primary N) is 1. The zero-order valence-electron chi connectivity index (χ0n) is 9.88. The minimum atomic E-state index is 0.511. The molecule has 94 valence electrons. The third-order valence-corrected chi connectivity index (χ3v) is 3.13. The molecule has 0 amide bonds. The van der Waals surface area contributed by atoms with Crippen LogP contribution in [0.3, 0.4) is 0 Å². The summed E-state index contributed by atoms with van der Waals surface area (Å²) in [6.07, 6.45) is 1.48. The predicted molar refractivity (Wildman–Crippen MR) is 78.2 cm³/mol. The Labute approximate surface area is 118 Å². The van der Waals surface area contributed by atoms with Gasteiger partial charge >= 0.3 is 0 Å². The third kappa shape index (κ3) is 2.51. The van der Waals surface area contributed by atoms with Gasteiger partial charge in [-0.25, -0.2) is 9.97 Å². The Kier molecular flexibility index (Phi) is 3.05. The highest BCUT2D eigenvalue weighted by Crippen LogP contribution is 2.29. The quantitative estimate of drug-likeness (QED) is 0.731. The lowest BCUT2D eigenvalue weighted by molar-refractivity contribution is 0.468. The van der Waals surface area contributed by atoms with Crippen LogP contribution in [0.1, 0.15) is 0 Å². The van der Waals surface area contributed by atoms with E-state index in [-0.39, 0.29) is 0 Å². The fraction of sp³-hybridized carbons (Fsp3) is 0. The van der Waals surface area contributed by atoms with E-state index in [0.717, 1.165) is 15.4 Å². The van der Waals surface area contributed by atoms with Gasteiger partial charge in [0.05, 0.1) is 10.9 Å². The largest absolute Gasteiger partial charge is 0.438 e. The van der Waals surface area contributed by atoms with Gasteiger partial charge in [0.1, 0.15) is 12.1 Å². The maximum Gasteiger partial charge on any atom is 0.230 e. The average Bonchev–Trinajstić information content (AvgIpc) is 2.39. The molecule has 0 spiro atoms. The molecule has 0 saturated heterocycles. The zero-order valence-corrected chi connectivity index (χ0v) is 11.5. The highest BCUT2D eigenvalue weighted by molar-refractivity contribution is 9.10. The fourth-order valence-electron chi connectivity index (χ4n) is 1.78. The SMILES string of the molecule is Nc1cccc(Oc2ncnc3ccc(Br)cc23)c1. The van der Waals surface area contributed by atoms with Gasteiger partial charge in [-0.05, 0) is 30.3 Å². The van der Waals surface area contributed by atoms with Crippen LogP contribution < -0.4 is 10.5 Å². The summed E-state index contributed by atoms with van der Waals surface area (Å²) in [4.78, 5) is 8.38. The molecular formula is C14H10BrN3O. The van der Waals surface area contributed by atoms with Crippen molar-refractivity contribution in [3.8, 4) is 11.6 Å². The number of hydrogen-bond acceptors (Lipinski definition) is 4. The van der Waals surface area contributed by atoms with Crippen molar-refractivity contribution in [2.24, 2.45) is 0 Å². The van der Waals surface area contributed by atoms with Crippen LogP contribution in [0.15, 0.2) is 53.3 Å². The molecule has 0 fully saturated rings. The molecule has 0 atom stereocenters. The molecule has 0 bridgehead atoms. The van der Waals surface area contributed by atoms with Gasteiger partial charge in [0.15, 0.2) is 0 Å².